The van der Waals surface area contributed by atoms with Crippen molar-refractivity contribution in [2.75, 3.05) is 26.2 Å². The van der Waals surface area contributed by atoms with Crippen LogP contribution in [0.15, 0.2) is 12.8 Å². The van der Waals surface area contributed by atoms with Crippen molar-refractivity contribution in [3.05, 3.63) is 12.8 Å². The van der Waals surface area contributed by atoms with Crippen LogP contribution in [0.5, 0.6) is 0 Å². The second-order valence-electron chi connectivity index (χ2n) is 2.19. The lowest BCUT2D eigenvalue weighted by Crippen LogP contribution is -2.29. The fraction of sp³-hybridized carbons (Fsp3) is 0.750. The van der Waals surface area contributed by atoms with Crippen molar-refractivity contribution in [3.8, 4) is 0 Å². The van der Waals surface area contributed by atoms with Gasteiger partial charge in [-0.2, -0.15) is 0 Å². The van der Waals surface area contributed by atoms with Crippen LogP contribution in [0.4, 0.5) is 0 Å². The van der Waals surface area contributed by atoms with Gasteiger partial charge in [0.2, 0.25) is 0 Å². The number of hydrogen-bond acceptors (Lipinski definition) is 2. The second kappa shape index (κ2) is 6.62. The number of rotatable bonds is 6. The van der Waals surface area contributed by atoms with Crippen LogP contribution in [0.3, 0.4) is 0 Å². The second-order valence-corrected chi connectivity index (χ2v) is 2.19. The Morgan fingerprint density at radius 2 is 2.00 bits per heavy atom. The molecule has 60 valence electrons. The third kappa shape index (κ3) is 4.39. The van der Waals surface area contributed by atoms with Crippen molar-refractivity contribution in [1.82, 2.24) is 10.2 Å². The zero-order valence-electron chi connectivity index (χ0n) is 7.06. The van der Waals surface area contributed by atoms with Crippen LogP contribution in [0.1, 0.15) is 13.8 Å². The first-order valence-corrected chi connectivity index (χ1v) is 3.91. The van der Waals surface area contributed by atoms with Gasteiger partial charge >= 0.3 is 0 Å². The molecule has 0 atom stereocenters. The molecule has 0 aromatic carbocycles. The standard InChI is InChI=1S/C8H18N2/c1-4-9-7-8-10(5-2)6-3/h4,9H,1,5-8H2,2-3H3. The van der Waals surface area contributed by atoms with Gasteiger partial charge in [-0.25, -0.2) is 0 Å². The third-order valence-corrected chi connectivity index (χ3v) is 1.61. The van der Waals surface area contributed by atoms with E-state index in [4.69, 9.17) is 0 Å². The molecule has 0 bridgehead atoms. The van der Waals surface area contributed by atoms with Gasteiger partial charge in [-0.3, -0.25) is 0 Å². The molecular formula is C8H18N2. The molecule has 2 nitrogen and oxygen atoms in total. The van der Waals surface area contributed by atoms with Gasteiger partial charge in [0, 0.05) is 13.1 Å². The lowest BCUT2D eigenvalue weighted by molar-refractivity contribution is 0.307. The highest BCUT2D eigenvalue weighted by molar-refractivity contribution is 4.64. The average molecular weight is 142 g/mol. The molecule has 0 aliphatic rings. The minimum absolute atomic E-state index is 1.01. The molecule has 1 N–H and O–H groups in total. The molecule has 0 amide bonds. The zero-order valence-corrected chi connectivity index (χ0v) is 7.06. The fourth-order valence-corrected chi connectivity index (χ4v) is 0.865. The van der Waals surface area contributed by atoms with Gasteiger partial charge in [-0.1, -0.05) is 20.4 Å². The number of hydrogen-bond donors (Lipinski definition) is 1. The first-order valence-electron chi connectivity index (χ1n) is 3.91. The van der Waals surface area contributed by atoms with Crippen LogP contribution < -0.4 is 5.32 Å². The van der Waals surface area contributed by atoms with Crippen molar-refractivity contribution in [2.45, 2.75) is 13.8 Å². The van der Waals surface area contributed by atoms with Crippen molar-refractivity contribution < 1.29 is 0 Å². The Bertz CT molecular complexity index is 77.3. The van der Waals surface area contributed by atoms with Crippen LogP contribution >= 0.6 is 0 Å². The smallest absolute Gasteiger partial charge is 0.0269 e. The lowest BCUT2D eigenvalue weighted by atomic mass is 10.5. The van der Waals surface area contributed by atoms with Gasteiger partial charge < -0.3 is 10.2 Å². The Labute approximate surface area is 63.9 Å². The Kier molecular flexibility index (Phi) is 6.29. The molecule has 0 radical (unpaired) electrons. The molecule has 0 saturated heterocycles. The van der Waals surface area contributed by atoms with Crippen LogP contribution in [0, 0.1) is 0 Å². The molecule has 0 aromatic heterocycles. The topological polar surface area (TPSA) is 15.3 Å². The van der Waals surface area contributed by atoms with E-state index in [1.54, 1.807) is 6.20 Å². The van der Waals surface area contributed by atoms with Crippen molar-refractivity contribution in [3.63, 3.8) is 0 Å². The summed E-state index contributed by atoms with van der Waals surface area (Å²) >= 11 is 0. The summed E-state index contributed by atoms with van der Waals surface area (Å²) in [6.07, 6.45) is 1.74. The molecule has 10 heavy (non-hydrogen) atoms. The quantitative estimate of drug-likeness (QED) is 0.558. The minimum atomic E-state index is 1.01. The van der Waals surface area contributed by atoms with Gasteiger partial charge in [0.1, 0.15) is 0 Å². The van der Waals surface area contributed by atoms with E-state index >= 15 is 0 Å². The number of likely N-dealkylation sites (N-methyl/N-ethyl adjacent to an activating group) is 1. The molecule has 0 aliphatic heterocycles. The summed E-state index contributed by atoms with van der Waals surface area (Å²) in [5.74, 6) is 0. The predicted molar refractivity (Wildman–Crippen MR) is 46.0 cm³/mol. The highest BCUT2D eigenvalue weighted by Crippen LogP contribution is 1.83. The zero-order chi connectivity index (χ0) is 7.82. The van der Waals surface area contributed by atoms with E-state index in [0.29, 0.717) is 0 Å². The van der Waals surface area contributed by atoms with Crippen LogP contribution in [0.25, 0.3) is 0 Å². The Morgan fingerprint density at radius 3 is 2.40 bits per heavy atom. The third-order valence-electron chi connectivity index (χ3n) is 1.61. The summed E-state index contributed by atoms with van der Waals surface area (Å²) in [5, 5.41) is 3.07. The van der Waals surface area contributed by atoms with Gasteiger partial charge in [0.25, 0.3) is 0 Å². The maximum absolute atomic E-state index is 3.58. The normalized spacial score (nSPS) is 9.90. The average Bonchev–Trinajstić information content (AvgIpc) is 1.99. The molecule has 0 spiro atoms. The molecular weight excluding hydrogens is 124 g/mol. The summed E-state index contributed by atoms with van der Waals surface area (Å²) in [5.41, 5.74) is 0. The maximum atomic E-state index is 3.58. The van der Waals surface area contributed by atoms with E-state index in [2.05, 4.69) is 30.6 Å². The van der Waals surface area contributed by atoms with Crippen LogP contribution in [0.2, 0.25) is 0 Å². The van der Waals surface area contributed by atoms with E-state index in [1.165, 1.54) is 0 Å². The highest BCUT2D eigenvalue weighted by Gasteiger charge is 1.94. The summed E-state index contributed by atoms with van der Waals surface area (Å²) in [6.45, 7) is 12.3. The molecule has 2 heteroatoms. The molecule has 0 heterocycles. The first kappa shape index (κ1) is 9.50. The summed E-state index contributed by atoms with van der Waals surface area (Å²) in [7, 11) is 0. The van der Waals surface area contributed by atoms with Gasteiger partial charge in [-0.05, 0) is 19.3 Å². The molecule has 0 aliphatic carbocycles. The molecule has 0 saturated carbocycles. The largest absolute Gasteiger partial charge is 0.390 e. The van der Waals surface area contributed by atoms with Crippen molar-refractivity contribution in [2.24, 2.45) is 0 Å². The van der Waals surface area contributed by atoms with E-state index in [0.717, 1.165) is 26.2 Å². The molecule has 0 rings (SSSR count). The summed E-state index contributed by atoms with van der Waals surface area (Å²) in [4.78, 5) is 2.37. The van der Waals surface area contributed by atoms with E-state index < -0.39 is 0 Å². The summed E-state index contributed by atoms with van der Waals surface area (Å²) in [6, 6.07) is 0. The van der Waals surface area contributed by atoms with Gasteiger partial charge in [-0.15, -0.1) is 0 Å². The Balaban J connectivity index is 3.16. The lowest BCUT2D eigenvalue weighted by Gasteiger charge is -2.17. The molecule has 0 fully saturated rings. The highest BCUT2D eigenvalue weighted by atomic mass is 15.1. The van der Waals surface area contributed by atoms with Crippen LogP contribution in [-0.4, -0.2) is 31.1 Å². The number of nitrogens with zero attached hydrogens (tertiary/aromatic N) is 1. The van der Waals surface area contributed by atoms with E-state index in [-0.39, 0.29) is 0 Å². The van der Waals surface area contributed by atoms with Gasteiger partial charge in [0.05, 0.1) is 0 Å². The Hall–Kier alpha value is -0.500. The monoisotopic (exact) mass is 142 g/mol. The van der Waals surface area contributed by atoms with E-state index in [1.807, 2.05) is 0 Å². The first-order chi connectivity index (χ1) is 4.85. The Morgan fingerprint density at radius 1 is 1.40 bits per heavy atom. The maximum Gasteiger partial charge on any atom is 0.0269 e. The van der Waals surface area contributed by atoms with Crippen LogP contribution in [-0.2, 0) is 0 Å². The molecule has 0 aromatic rings. The van der Waals surface area contributed by atoms with Crippen molar-refractivity contribution in [1.29, 1.82) is 0 Å². The fourth-order valence-electron chi connectivity index (χ4n) is 0.865. The molecule has 0 unspecified atom stereocenters. The van der Waals surface area contributed by atoms with Gasteiger partial charge in [0.15, 0.2) is 0 Å². The van der Waals surface area contributed by atoms with E-state index in [9.17, 15) is 0 Å². The number of nitrogens with one attached hydrogen (secondary N) is 1. The van der Waals surface area contributed by atoms with Crippen molar-refractivity contribution >= 4 is 0 Å². The summed E-state index contributed by atoms with van der Waals surface area (Å²) < 4.78 is 0. The minimum Gasteiger partial charge on any atom is -0.390 e. The SMILES string of the molecule is C=CNCCN(CC)CC. The predicted octanol–water partition coefficient (Wildman–Crippen LogP) is 1.06.